The maximum absolute atomic E-state index is 13.1. The van der Waals surface area contributed by atoms with E-state index in [0.29, 0.717) is 17.0 Å². The van der Waals surface area contributed by atoms with Gasteiger partial charge in [0.15, 0.2) is 6.29 Å². The Balaban J connectivity index is 1.83. The van der Waals surface area contributed by atoms with Gasteiger partial charge in [-0.2, -0.15) is 0 Å². The molecule has 0 aliphatic rings. The van der Waals surface area contributed by atoms with Crippen molar-refractivity contribution in [3.8, 4) is 5.69 Å². The lowest BCUT2D eigenvalue weighted by Crippen LogP contribution is -2.34. The van der Waals surface area contributed by atoms with Crippen LogP contribution in [0, 0.1) is 0 Å². The van der Waals surface area contributed by atoms with E-state index in [9.17, 15) is 19.2 Å². The quantitative estimate of drug-likeness (QED) is 0.450. The Labute approximate surface area is 189 Å². The van der Waals surface area contributed by atoms with Crippen molar-refractivity contribution in [2.75, 3.05) is 11.9 Å². The molecule has 4 rings (SSSR count). The number of nitrogens with zero attached hydrogens (tertiary/aromatic N) is 2. The first-order chi connectivity index (χ1) is 14.8. The lowest BCUT2D eigenvalue weighted by molar-refractivity contribution is 0.0996. The summed E-state index contributed by atoms with van der Waals surface area (Å²) >= 11 is 13.1. The average Bonchev–Trinajstić information content (AvgIpc) is 3.13. The van der Waals surface area contributed by atoms with Crippen LogP contribution < -0.4 is 16.1 Å². The summed E-state index contributed by atoms with van der Waals surface area (Å²) in [7, 11) is 1.59. The van der Waals surface area contributed by atoms with Crippen LogP contribution in [-0.2, 0) is 0 Å². The highest BCUT2D eigenvalue weighted by Crippen LogP contribution is 2.31. The number of rotatable bonds is 4. The van der Waals surface area contributed by atoms with E-state index in [1.54, 1.807) is 37.4 Å². The van der Waals surface area contributed by atoms with Crippen LogP contribution in [0.15, 0.2) is 58.1 Å². The first-order valence-electron chi connectivity index (χ1n) is 8.88. The summed E-state index contributed by atoms with van der Waals surface area (Å²) in [4.78, 5) is 54.2. The predicted octanol–water partition coefficient (Wildman–Crippen LogP) is 4.14. The molecule has 10 heteroatoms. The van der Waals surface area contributed by atoms with Crippen molar-refractivity contribution < 1.29 is 9.59 Å². The molecular formula is C21H13Cl2N3O4S. The van der Waals surface area contributed by atoms with Crippen molar-refractivity contribution >= 4 is 63.3 Å². The summed E-state index contributed by atoms with van der Waals surface area (Å²) in [6.07, 6.45) is 0.539. The minimum absolute atomic E-state index is 0.0607. The van der Waals surface area contributed by atoms with Crippen molar-refractivity contribution in [1.82, 2.24) is 9.55 Å². The second-order valence-electron chi connectivity index (χ2n) is 6.57. The number of aromatic amines is 1. The Kier molecular flexibility index (Phi) is 5.53. The molecule has 0 unspecified atom stereocenters. The highest BCUT2D eigenvalue weighted by molar-refractivity contribution is 7.18. The Bertz CT molecular complexity index is 1450. The van der Waals surface area contributed by atoms with E-state index in [1.807, 2.05) is 0 Å². The van der Waals surface area contributed by atoms with Crippen molar-refractivity contribution in [1.29, 1.82) is 0 Å². The summed E-state index contributed by atoms with van der Waals surface area (Å²) in [6, 6.07) is 12.6. The number of anilines is 1. The van der Waals surface area contributed by atoms with E-state index < -0.39 is 11.2 Å². The molecule has 4 aromatic rings. The molecule has 2 aromatic heterocycles. The average molecular weight is 474 g/mol. The maximum Gasteiger partial charge on any atom is 0.333 e. The first-order valence-corrected chi connectivity index (χ1v) is 10.5. The van der Waals surface area contributed by atoms with Crippen molar-refractivity contribution in [3.05, 3.63) is 89.2 Å². The Morgan fingerprint density at radius 2 is 1.84 bits per heavy atom. The SMILES string of the molecule is CN(C(=O)c1cc(-n2c(=O)[nH]c3cccc(C=O)c3c2=O)c(Cl)s1)c1ccc(Cl)cc1. The van der Waals surface area contributed by atoms with Crippen LogP contribution in [0.25, 0.3) is 16.6 Å². The maximum atomic E-state index is 13.1. The molecule has 0 bridgehead atoms. The fraction of sp³-hybridized carbons (Fsp3) is 0.0476. The first kappa shape index (κ1) is 21.0. The lowest BCUT2D eigenvalue weighted by atomic mass is 10.1. The monoisotopic (exact) mass is 473 g/mol. The van der Waals surface area contributed by atoms with E-state index in [1.165, 1.54) is 23.1 Å². The Morgan fingerprint density at radius 3 is 2.52 bits per heavy atom. The Hall–Kier alpha value is -3.20. The fourth-order valence-electron chi connectivity index (χ4n) is 3.17. The number of carbonyl (C=O) groups excluding carboxylic acids is 2. The molecule has 0 radical (unpaired) electrons. The van der Waals surface area contributed by atoms with Crippen LogP contribution in [0.2, 0.25) is 9.36 Å². The van der Waals surface area contributed by atoms with Crippen LogP contribution in [0.4, 0.5) is 5.69 Å². The normalized spacial score (nSPS) is 10.9. The number of amides is 1. The number of fused-ring (bicyclic) bond motifs is 1. The van der Waals surface area contributed by atoms with Crippen LogP contribution in [0.5, 0.6) is 0 Å². The topological polar surface area (TPSA) is 92.2 Å². The number of nitrogens with one attached hydrogen (secondary N) is 1. The van der Waals surface area contributed by atoms with Gasteiger partial charge in [-0.1, -0.05) is 35.3 Å². The number of benzene rings is 2. The molecule has 2 aromatic carbocycles. The van der Waals surface area contributed by atoms with E-state index in [4.69, 9.17) is 23.2 Å². The van der Waals surface area contributed by atoms with Gasteiger partial charge in [0.2, 0.25) is 0 Å². The predicted molar refractivity (Wildman–Crippen MR) is 123 cm³/mol. The molecule has 0 spiro atoms. The third kappa shape index (κ3) is 3.69. The number of aldehydes is 1. The van der Waals surface area contributed by atoms with Gasteiger partial charge < -0.3 is 9.88 Å². The van der Waals surface area contributed by atoms with E-state index in [2.05, 4.69) is 4.98 Å². The van der Waals surface area contributed by atoms with Gasteiger partial charge in [0.25, 0.3) is 11.5 Å². The molecule has 0 saturated heterocycles. The van der Waals surface area contributed by atoms with E-state index in [-0.39, 0.29) is 37.3 Å². The second kappa shape index (κ2) is 8.14. The zero-order chi connectivity index (χ0) is 22.3. The summed E-state index contributed by atoms with van der Waals surface area (Å²) in [6.45, 7) is 0. The molecule has 0 aliphatic carbocycles. The standard InChI is InChI=1S/C21H13Cl2N3O4S/c1-25(13-7-5-12(22)6-8-13)19(28)16-9-15(18(23)31-16)26-20(29)17-11(10-27)3-2-4-14(17)24-21(26)30/h2-10H,1H3,(H,24,30). The lowest BCUT2D eigenvalue weighted by Gasteiger charge is -2.16. The molecule has 2 heterocycles. The molecule has 31 heavy (non-hydrogen) atoms. The van der Waals surface area contributed by atoms with E-state index >= 15 is 0 Å². The number of carbonyl (C=O) groups is 2. The molecular weight excluding hydrogens is 461 g/mol. The number of thiophene rings is 1. The summed E-state index contributed by atoms with van der Waals surface area (Å²) < 4.78 is 0.913. The van der Waals surface area contributed by atoms with Gasteiger partial charge in [0.05, 0.1) is 21.5 Å². The van der Waals surface area contributed by atoms with Gasteiger partial charge in [-0.25, -0.2) is 9.36 Å². The van der Waals surface area contributed by atoms with Crippen LogP contribution in [0.3, 0.4) is 0 Å². The number of halogens is 2. The van der Waals surface area contributed by atoms with E-state index in [0.717, 1.165) is 15.9 Å². The molecule has 0 fully saturated rings. The van der Waals surface area contributed by atoms with Gasteiger partial charge in [-0.15, -0.1) is 11.3 Å². The number of aromatic nitrogens is 2. The van der Waals surface area contributed by atoms with Crippen molar-refractivity contribution in [3.63, 3.8) is 0 Å². The highest BCUT2D eigenvalue weighted by Gasteiger charge is 2.22. The minimum Gasteiger partial charge on any atom is -0.311 e. The Morgan fingerprint density at radius 1 is 1.13 bits per heavy atom. The largest absolute Gasteiger partial charge is 0.333 e. The zero-order valence-electron chi connectivity index (χ0n) is 15.9. The third-order valence-electron chi connectivity index (χ3n) is 4.72. The van der Waals surface area contributed by atoms with Crippen molar-refractivity contribution in [2.24, 2.45) is 0 Å². The van der Waals surface area contributed by atoms with Gasteiger partial charge in [0, 0.05) is 23.3 Å². The molecule has 1 N–H and O–H groups in total. The smallest absolute Gasteiger partial charge is 0.311 e. The molecule has 156 valence electrons. The van der Waals surface area contributed by atoms with Crippen LogP contribution >= 0.6 is 34.5 Å². The summed E-state index contributed by atoms with van der Waals surface area (Å²) in [5, 5.41) is 0.598. The van der Waals surface area contributed by atoms with Crippen molar-refractivity contribution in [2.45, 2.75) is 0 Å². The third-order valence-corrected chi connectivity index (χ3v) is 6.30. The van der Waals surface area contributed by atoms with Gasteiger partial charge in [-0.3, -0.25) is 14.4 Å². The number of H-pyrrole nitrogens is 1. The fourth-order valence-corrected chi connectivity index (χ4v) is 4.53. The second-order valence-corrected chi connectivity index (χ2v) is 8.66. The highest BCUT2D eigenvalue weighted by atomic mass is 35.5. The van der Waals surface area contributed by atoms with Gasteiger partial charge in [0.1, 0.15) is 4.34 Å². The molecule has 0 atom stereocenters. The minimum atomic E-state index is -0.731. The number of hydrogen-bond acceptors (Lipinski definition) is 5. The molecule has 1 amide bonds. The summed E-state index contributed by atoms with van der Waals surface area (Å²) in [5.41, 5.74) is -0.389. The van der Waals surface area contributed by atoms with Gasteiger partial charge in [-0.05, 0) is 36.4 Å². The molecule has 0 aliphatic heterocycles. The zero-order valence-corrected chi connectivity index (χ0v) is 18.2. The molecule has 7 nitrogen and oxygen atoms in total. The van der Waals surface area contributed by atoms with Crippen LogP contribution in [0.1, 0.15) is 20.0 Å². The van der Waals surface area contributed by atoms with Gasteiger partial charge >= 0.3 is 5.69 Å². The van der Waals surface area contributed by atoms with Crippen LogP contribution in [-0.4, -0.2) is 28.8 Å². The number of hydrogen-bond donors (Lipinski definition) is 1. The molecule has 0 saturated carbocycles. The summed E-state index contributed by atoms with van der Waals surface area (Å²) in [5.74, 6) is -0.376.